The van der Waals surface area contributed by atoms with Crippen molar-refractivity contribution in [2.75, 3.05) is 20.2 Å². The maximum absolute atomic E-state index is 12.7. The zero-order valence-electron chi connectivity index (χ0n) is 11.5. The van der Waals surface area contributed by atoms with Gasteiger partial charge >= 0.3 is 0 Å². The third-order valence-corrected chi connectivity index (χ3v) is 6.56. The minimum absolute atomic E-state index is 0.0168. The Kier molecular flexibility index (Phi) is 5.79. The number of piperidine rings is 1. The summed E-state index contributed by atoms with van der Waals surface area (Å²) >= 11 is 17.9. The minimum atomic E-state index is -3.68. The topological polar surface area (TPSA) is 46.6 Å². The summed E-state index contributed by atoms with van der Waals surface area (Å²) in [5.41, 5.74) is 0.510. The molecule has 0 unspecified atom stereocenters. The second kappa shape index (κ2) is 7.02. The Morgan fingerprint density at radius 3 is 2.43 bits per heavy atom. The fourth-order valence-corrected chi connectivity index (χ4v) is 5.01. The van der Waals surface area contributed by atoms with Gasteiger partial charge in [0.25, 0.3) is 0 Å². The number of methoxy groups -OCH3 is 1. The Morgan fingerprint density at radius 2 is 1.90 bits per heavy atom. The Labute approximate surface area is 140 Å². The molecule has 1 saturated heterocycles. The van der Waals surface area contributed by atoms with Crippen molar-refractivity contribution in [3.05, 3.63) is 27.7 Å². The molecule has 21 heavy (non-hydrogen) atoms. The molecule has 1 heterocycles. The van der Waals surface area contributed by atoms with E-state index in [1.807, 2.05) is 0 Å². The van der Waals surface area contributed by atoms with Gasteiger partial charge in [0.05, 0.1) is 11.1 Å². The van der Waals surface area contributed by atoms with Crippen LogP contribution in [0.3, 0.4) is 0 Å². The summed E-state index contributed by atoms with van der Waals surface area (Å²) in [6.45, 7) is 0.805. The molecule has 1 fully saturated rings. The van der Waals surface area contributed by atoms with Crippen molar-refractivity contribution in [1.29, 1.82) is 0 Å². The van der Waals surface area contributed by atoms with E-state index in [1.54, 1.807) is 13.2 Å². The van der Waals surface area contributed by atoms with Crippen molar-refractivity contribution in [3.63, 3.8) is 0 Å². The Morgan fingerprint density at radius 1 is 1.29 bits per heavy atom. The van der Waals surface area contributed by atoms with Gasteiger partial charge in [-0.3, -0.25) is 0 Å². The maximum atomic E-state index is 12.7. The second-order valence-corrected chi connectivity index (χ2v) is 7.84. The van der Waals surface area contributed by atoms with Crippen LogP contribution in [-0.4, -0.2) is 39.0 Å². The van der Waals surface area contributed by atoms with Crippen molar-refractivity contribution in [3.8, 4) is 0 Å². The number of hydrogen-bond acceptors (Lipinski definition) is 3. The quantitative estimate of drug-likeness (QED) is 0.760. The molecule has 8 heteroatoms. The molecule has 0 amide bonds. The Hall–Kier alpha value is -0.0400. The lowest BCUT2D eigenvalue weighted by molar-refractivity contribution is 0.0604. The smallest absolute Gasteiger partial charge is 0.244 e. The molecule has 0 N–H and O–H groups in total. The minimum Gasteiger partial charge on any atom is -0.381 e. The highest BCUT2D eigenvalue weighted by Crippen LogP contribution is 2.33. The van der Waals surface area contributed by atoms with Crippen molar-refractivity contribution < 1.29 is 13.2 Å². The number of benzene rings is 1. The van der Waals surface area contributed by atoms with E-state index in [2.05, 4.69) is 0 Å². The highest BCUT2D eigenvalue weighted by atomic mass is 35.5. The molecule has 1 aromatic rings. The normalized spacial score (nSPS) is 18.1. The average molecular weight is 373 g/mol. The zero-order chi connectivity index (χ0) is 15.6. The van der Waals surface area contributed by atoms with Gasteiger partial charge in [0.2, 0.25) is 10.0 Å². The molecule has 1 aliphatic rings. The molecule has 0 spiro atoms. The van der Waals surface area contributed by atoms with E-state index < -0.39 is 10.0 Å². The zero-order valence-corrected chi connectivity index (χ0v) is 14.6. The van der Waals surface area contributed by atoms with Gasteiger partial charge in [-0.2, -0.15) is 4.31 Å². The van der Waals surface area contributed by atoms with Gasteiger partial charge in [-0.25, -0.2) is 8.42 Å². The first-order valence-corrected chi connectivity index (χ1v) is 9.20. The maximum Gasteiger partial charge on any atom is 0.244 e. The molecule has 0 saturated carbocycles. The number of halogens is 3. The van der Waals surface area contributed by atoms with Crippen LogP contribution in [0.25, 0.3) is 0 Å². The predicted octanol–water partition coefficient (Wildman–Crippen LogP) is 3.53. The summed E-state index contributed by atoms with van der Waals surface area (Å²) in [7, 11) is -2.04. The second-order valence-electron chi connectivity index (χ2n) is 4.85. The highest BCUT2D eigenvalue weighted by molar-refractivity contribution is 7.89. The first-order valence-electron chi connectivity index (χ1n) is 6.47. The highest BCUT2D eigenvalue weighted by Gasteiger charge is 2.31. The molecule has 0 atom stereocenters. The van der Waals surface area contributed by atoms with Crippen LogP contribution in [-0.2, 0) is 20.6 Å². The number of sulfonamides is 1. The van der Waals surface area contributed by atoms with Crippen molar-refractivity contribution >= 4 is 44.8 Å². The fourth-order valence-electron chi connectivity index (χ4n) is 2.35. The first-order chi connectivity index (χ1) is 9.90. The van der Waals surface area contributed by atoms with Crippen LogP contribution >= 0.6 is 34.8 Å². The van der Waals surface area contributed by atoms with Crippen LogP contribution in [0.2, 0.25) is 10.0 Å². The van der Waals surface area contributed by atoms with Gasteiger partial charge < -0.3 is 4.74 Å². The van der Waals surface area contributed by atoms with Gasteiger partial charge in [0.15, 0.2) is 0 Å². The van der Waals surface area contributed by atoms with Crippen molar-refractivity contribution in [2.45, 2.75) is 29.7 Å². The first kappa shape index (κ1) is 17.3. The van der Waals surface area contributed by atoms with Gasteiger partial charge in [-0.1, -0.05) is 23.2 Å². The molecule has 1 aromatic carbocycles. The number of hydrogen-bond donors (Lipinski definition) is 0. The van der Waals surface area contributed by atoms with Crippen molar-refractivity contribution in [1.82, 2.24) is 4.31 Å². The molecule has 0 aromatic heterocycles. The van der Waals surface area contributed by atoms with Gasteiger partial charge in [0, 0.05) is 31.1 Å². The monoisotopic (exact) mass is 371 g/mol. The molecule has 2 rings (SSSR count). The average Bonchev–Trinajstić information content (AvgIpc) is 2.49. The van der Waals surface area contributed by atoms with Crippen LogP contribution in [0, 0.1) is 0 Å². The van der Waals surface area contributed by atoms with E-state index in [-0.39, 0.29) is 21.9 Å². The van der Waals surface area contributed by atoms with Crippen LogP contribution in [0.15, 0.2) is 17.0 Å². The van der Waals surface area contributed by atoms with Gasteiger partial charge in [0.1, 0.15) is 4.90 Å². The van der Waals surface area contributed by atoms with Gasteiger partial charge in [-0.05, 0) is 30.5 Å². The third-order valence-electron chi connectivity index (χ3n) is 3.58. The number of nitrogens with zero attached hydrogens (tertiary/aromatic N) is 1. The van der Waals surface area contributed by atoms with E-state index in [9.17, 15) is 8.42 Å². The molecule has 4 nitrogen and oxygen atoms in total. The fraction of sp³-hybridized carbons (Fsp3) is 0.538. The molecule has 0 bridgehead atoms. The Balaban J connectivity index is 2.34. The van der Waals surface area contributed by atoms with E-state index in [0.29, 0.717) is 36.5 Å². The predicted molar refractivity (Wildman–Crippen MR) is 84.8 cm³/mol. The largest absolute Gasteiger partial charge is 0.381 e. The SMILES string of the molecule is COC1CCN(S(=O)(=O)c2cc(Cl)cc(CCl)c2Cl)CC1. The molecule has 0 radical (unpaired) electrons. The van der Waals surface area contributed by atoms with E-state index in [1.165, 1.54) is 10.4 Å². The Bertz CT molecular complexity index is 613. The number of alkyl halides is 1. The standard InChI is InChI=1S/C13H16Cl3NO3S/c1-20-11-2-4-17(5-3-11)21(18,19)12-7-10(15)6-9(8-14)13(12)16/h6-7,11H,2-5,8H2,1H3. The lowest BCUT2D eigenvalue weighted by Gasteiger charge is -2.30. The lowest BCUT2D eigenvalue weighted by atomic mass is 10.1. The van der Waals surface area contributed by atoms with Gasteiger partial charge in [-0.15, -0.1) is 11.6 Å². The summed E-state index contributed by atoms with van der Waals surface area (Å²) < 4.78 is 32.1. The van der Waals surface area contributed by atoms with E-state index in [0.717, 1.165) is 0 Å². The molecular weight excluding hydrogens is 357 g/mol. The summed E-state index contributed by atoms with van der Waals surface area (Å²) in [4.78, 5) is 0.0168. The van der Waals surface area contributed by atoms with Crippen LogP contribution in [0.1, 0.15) is 18.4 Å². The number of rotatable bonds is 4. The molecular formula is C13H16Cl3NO3S. The molecule has 1 aliphatic heterocycles. The van der Waals surface area contributed by atoms with Crippen LogP contribution in [0.4, 0.5) is 0 Å². The summed E-state index contributed by atoms with van der Waals surface area (Å²) in [6, 6.07) is 2.95. The molecule has 0 aliphatic carbocycles. The van der Waals surface area contributed by atoms with E-state index in [4.69, 9.17) is 39.5 Å². The van der Waals surface area contributed by atoms with Crippen LogP contribution < -0.4 is 0 Å². The summed E-state index contributed by atoms with van der Waals surface area (Å²) in [5, 5.41) is 0.448. The molecule has 118 valence electrons. The summed E-state index contributed by atoms with van der Waals surface area (Å²) in [6.07, 6.45) is 1.43. The van der Waals surface area contributed by atoms with Crippen molar-refractivity contribution in [2.24, 2.45) is 0 Å². The van der Waals surface area contributed by atoms with Crippen LogP contribution in [0.5, 0.6) is 0 Å². The number of ether oxygens (including phenoxy) is 1. The summed E-state index contributed by atoms with van der Waals surface area (Å²) in [5.74, 6) is 0.105. The van der Waals surface area contributed by atoms with E-state index >= 15 is 0 Å². The lowest BCUT2D eigenvalue weighted by Crippen LogP contribution is -2.40. The third kappa shape index (κ3) is 3.66.